The van der Waals surface area contributed by atoms with E-state index in [0.717, 1.165) is 11.4 Å². The molecule has 0 radical (unpaired) electrons. The molecule has 74 valence electrons. The van der Waals surface area contributed by atoms with Gasteiger partial charge in [-0.25, -0.2) is 15.0 Å². The van der Waals surface area contributed by atoms with Crippen LogP contribution >= 0.6 is 0 Å². The maximum absolute atomic E-state index is 8.72. The first kappa shape index (κ1) is 9.34. The zero-order chi connectivity index (χ0) is 10.8. The van der Waals surface area contributed by atoms with Gasteiger partial charge in [0.2, 0.25) is 5.95 Å². The van der Waals surface area contributed by atoms with Gasteiger partial charge in [-0.05, 0) is 19.9 Å². The third kappa shape index (κ3) is 1.57. The van der Waals surface area contributed by atoms with Crippen LogP contribution in [0.1, 0.15) is 17.1 Å². The summed E-state index contributed by atoms with van der Waals surface area (Å²) in [4.78, 5) is 12.3. The molecular weight excluding hydrogens is 190 g/mol. The van der Waals surface area contributed by atoms with Crippen LogP contribution in [0.2, 0.25) is 0 Å². The molecule has 0 fully saturated rings. The van der Waals surface area contributed by atoms with Crippen LogP contribution in [-0.2, 0) is 0 Å². The SMILES string of the molecule is Cc1ncn(-c2nccc(C#N)n2)c1C. The van der Waals surface area contributed by atoms with E-state index in [2.05, 4.69) is 15.0 Å². The molecule has 0 saturated carbocycles. The maximum Gasteiger partial charge on any atom is 0.236 e. The van der Waals surface area contributed by atoms with Crippen molar-refractivity contribution >= 4 is 0 Å². The third-order valence-electron chi connectivity index (χ3n) is 2.22. The Balaban J connectivity index is 2.55. The fraction of sp³-hybridized carbons (Fsp3) is 0.200. The summed E-state index contributed by atoms with van der Waals surface area (Å²) in [6, 6.07) is 3.55. The highest BCUT2D eigenvalue weighted by Crippen LogP contribution is 2.09. The monoisotopic (exact) mass is 199 g/mol. The fourth-order valence-electron chi connectivity index (χ4n) is 1.23. The van der Waals surface area contributed by atoms with Crippen LogP contribution < -0.4 is 0 Å². The summed E-state index contributed by atoms with van der Waals surface area (Å²) in [5.74, 6) is 0.479. The highest BCUT2D eigenvalue weighted by molar-refractivity contribution is 5.26. The summed E-state index contributed by atoms with van der Waals surface area (Å²) < 4.78 is 1.76. The van der Waals surface area contributed by atoms with E-state index < -0.39 is 0 Å². The fourth-order valence-corrected chi connectivity index (χ4v) is 1.23. The van der Waals surface area contributed by atoms with Crippen molar-refractivity contribution in [2.24, 2.45) is 0 Å². The second-order valence-electron chi connectivity index (χ2n) is 3.14. The minimum atomic E-state index is 0.353. The van der Waals surface area contributed by atoms with Crippen molar-refractivity contribution in [2.45, 2.75) is 13.8 Å². The minimum absolute atomic E-state index is 0.353. The predicted octanol–water partition coefficient (Wildman–Crippen LogP) is 1.15. The third-order valence-corrected chi connectivity index (χ3v) is 2.22. The average Bonchev–Trinajstić information content (AvgIpc) is 2.60. The standard InChI is InChI=1S/C10H9N5/c1-7-8(2)15(6-13-7)10-12-4-3-9(5-11)14-10/h3-4,6H,1-2H3. The van der Waals surface area contributed by atoms with Crippen LogP contribution in [0.25, 0.3) is 5.95 Å². The molecule has 2 aromatic heterocycles. The first-order valence-corrected chi connectivity index (χ1v) is 4.46. The quantitative estimate of drug-likeness (QED) is 0.691. The summed E-state index contributed by atoms with van der Waals surface area (Å²) in [6.07, 6.45) is 3.22. The molecule has 5 heteroatoms. The number of nitrogens with zero attached hydrogens (tertiary/aromatic N) is 5. The van der Waals surface area contributed by atoms with Crippen molar-refractivity contribution in [3.8, 4) is 12.0 Å². The Morgan fingerprint density at radius 1 is 1.33 bits per heavy atom. The maximum atomic E-state index is 8.72. The van der Waals surface area contributed by atoms with Crippen molar-refractivity contribution in [1.29, 1.82) is 5.26 Å². The van der Waals surface area contributed by atoms with Crippen molar-refractivity contribution in [3.05, 3.63) is 35.7 Å². The molecule has 0 atom stereocenters. The largest absolute Gasteiger partial charge is 0.271 e. The van der Waals surface area contributed by atoms with E-state index in [1.54, 1.807) is 23.2 Å². The zero-order valence-electron chi connectivity index (χ0n) is 8.47. The molecule has 0 aliphatic carbocycles. The topological polar surface area (TPSA) is 67.4 Å². The number of hydrogen-bond donors (Lipinski definition) is 0. The number of nitriles is 1. The van der Waals surface area contributed by atoms with E-state index in [4.69, 9.17) is 5.26 Å². The Morgan fingerprint density at radius 3 is 2.73 bits per heavy atom. The molecule has 2 aromatic rings. The van der Waals surface area contributed by atoms with E-state index in [0.29, 0.717) is 11.6 Å². The predicted molar refractivity (Wildman–Crippen MR) is 53.3 cm³/mol. The number of hydrogen-bond acceptors (Lipinski definition) is 4. The van der Waals surface area contributed by atoms with Gasteiger partial charge >= 0.3 is 0 Å². The number of imidazole rings is 1. The summed E-state index contributed by atoms with van der Waals surface area (Å²) >= 11 is 0. The molecule has 0 spiro atoms. The van der Waals surface area contributed by atoms with Crippen molar-refractivity contribution in [2.75, 3.05) is 0 Å². The lowest BCUT2D eigenvalue weighted by Gasteiger charge is -2.02. The number of aromatic nitrogens is 4. The van der Waals surface area contributed by atoms with E-state index in [1.807, 2.05) is 19.9 Å². The molecule has 0 amide bonds. The molecule has 0 aliphatic rings. The van der Waals surface area contributed by atoms with Gasteiger partial charge in [0.1, 0.15) is 18.1 Å². The van der Waals surface area contributed by atoms with Gasteiger partial charge in [0.25, 0.3) is 0 Å². The van der Waals surface area contributed by atoms with Crippen LogP contribution in [-0.4, -0.2) is 19.5 Å². The molecule has 0 aromatic carbocycles. The Labute approximate surface area is 87.1 Å². The molecule has 0 saturated heterocycles. The van der Waals surface area contributed by atoms with Crippen molar-refractivity contribution in [1.82, 2.24) is 19.5 Å². The molecule has 0 aliphatic heterocycles. The van der Waals surface area contributed by atoms with E-state index in [-0.39, 0.29) is 0 Å². The lowest BCUT2D eigenvalue weighted by molar-refractivity contribution is 0.889. The van der Waals surface area contributed by atoms with E-state index in [9.17, 15) is 0 Å². The Morgan fingerprint density at radius 2 is 2.13 bits per heavy atom. The van der Waals surface area contributed by atoms with Crippen LogP contribution in [0.5, 0.6) is 0 Å². The summed E-state index contributed by atoms with van der Waals surface area (Å²) in [5, 5.41) is 8.72. The molecule has 15 heavy (non-hydrogen) atoms. The van der Waals surface area contributed by atoms with Gasteiger partial charge in [-0.3, -0.25) is 4.57 Å². The lowest BCUT2D eigenvalue weighted by Crippen LogP contribution is -2.02. The first-order valence-electron chi connectivity index (χ1n) is 4.46. The second-order valence-corrected chi connectivity index (χ2v) is 3.14. The minimum Gasteiger partial charge on any atom is -0.271 e. The summed E-state index contributed by atoms with van der Waals surface area (Å²) in [7, 11) is 0. The molecule has 0 N–H and O–H groups in total. The van der Waals surface area contributed by atoms with Crippen molar-refractivity contribution in [3.63, 3.8) is 0 Å². The summed E-state index contributed by atoms with van der Waals surface area (Å²) in [5.41, 5.74) is 2.26. The highest BCUT2D eigenvalue weighted by Gasteiger charge is 2.06. The van der Waals surface area contributed by atoms with Crippen LogP contribution in [0, 0.1) is 25.2 Å². The molecule has 2 rings (SSSR count). The molecule has 5 nitrogen and oxygen atoms in total. The Hall–Kier alpha value is -2.22. The summed E-state index contributed by atoms with van der Waals surface area (Å²) in [6.45, 7) is 3.85. The zero-order valence-corrected chi connectivity index (χ0v) is 8.47. The molecule has 0 bridgehead atoms. The van der Waals surface area contributed by atoms with Gasteiger partial charge < -0.3 is 0 Å². The van der Waals surface area contributed by atoms with E-state index >= 15 is 0 Å². The van der Waals surface area contributed by atoms with Crippen molar-refractivity contribution < 1.29 is 0 Å². The number of aryl methyl sites for hydroxylation is 1. The van der Waals surface area contributed by atoms with Gasteiger partial charge in [0, 0.05) is 11.9 Å². The van der Waals surface area contributed by atoms with Gasteiger partial charge in [0.15, 0.2) is 0 Å². The van der Waals surface area contributed by atoms with Gasteiger partial charge in [-0.2, -0.15) is 5.26 Å². The lowest BCUT2D eigenvalue weighted by atomic mass is 10.4. The molecular formula is C10H9N5. The van der Waals surface area contributed by atoms with Crippen LogP contribution in [0.15, 0.2) is 18.6 Å². The molecule has 2 heterocycles. The molecule has 0 unspecified atom stereocenters. The van der Waals surface area contributed by atoms with Gasteiger partial charge in [-0.15, -0.1) is 0 Å². The van der Waals surface area contributed by atoms with Gasteiger partial charge in [0.05, 0.1) is 5.69 Å². The van der Waals surface area contributed by atoms with Crippen LogP contribution in [0.4, 0.5) is 0 Å². The van der Waals surface area contributed by atoms with Crippen LogP contribution in [0.3, 0.4) is 0 Å². The smallest absolute Gasteiger partial charge is 0.236 e. The van der Waals surface area contributed by atoms with E-state index in [1.165, 1.54) is 0 Å². The Bertz CT molecular complexity index is 535. The normalized spacial score (nSPS) is 9.93. The highest BCUT2D eigenvalue weighted by atomic mass is 15.2. The average molecular weight is 199 g/mol. The van der Waals surface area contributed by atoms with Gasteiger partial charge in [-0.1, -0.05) is 0 Å². The number of rotatable bonds is 1. The second kappa shape index (κ2) is 3.50. The first-order chi connectivity index (χ1) is 7.22. The Kier molecular flexibility index (Phi) is 2.18.